The van der Waals surface area contributed by atoms with Gasteiger partial charge in [-0.2, -0.15) is 0 Å². The fourth-order valence-electron chi connectivity index (χ4n) is 11.2. The molecule has 2 aromatic rings. The van der Waals surface area contributed by atoms with Crippen molar-refractivity contribution in [2.75, 3.05) is 26.3 Å². The van der Waals surface area contributed by atoms with Gasteiger partial charge in [-0.1, -0.05) is 109 Å². The van der Waals surface area contributed by atoms with Gasteiger partial charge < -0.3 is 130 Å². The van der Waals surface area contributed by atoms with Crippen LogP contribution in [-0.4, -0.2) is 244 Å². The molecule has 0 unspecified atom stereocenters. The number of hydrogen-bond donors (Lipinski definition) is 24. The minimum absolute atomic E-state index is 0.0496. The van der Waals surface area contributed by atoms with E-state index >= 15 is 0 Å². The molecule has 644 valence electrons. The van der Waals surface area contributed by atoms with E-state index in [1.54, 1.807) is 95.3 Å². The van der Waals surface area contributed by atoms with E-state index in [2.05, 4.69) is 74.1 Å². The normalized spacial score (nSPS) is 14.9. The summed E-state index contributed by atoms with van der Waals surface area (Å²) in [7, 11) is 0. The van der Waals surface area contributed by atoms with Crippen molar-refractivity contribution in [1.29, 1.82) is 0 Å². The van der Waals surface area contributed by atoms with Crippen molar-refractivity contribution in [3.63, 3.8) is 0 Å². The quantitative estimate of drug-likeness (QED) is 0.0166. The smallest absolute Gasteiger partial charge is 0.326 e. The summed E-state index contributed by atoms with van der Waals surface area (Å²) in [6.45, 7) is 9.02. The average Bonchev–Trinajstić information content (AvgIpc) is 0.852. The molecule has 31 N–H and O–H groups in total. The summed E-state index contributed by atoms with van der Waals surface area (Å²) in [5.74, 6) is -22.8. The highest BCUT2D eigenvalue weighted by Gasteiger charge is 2.40. The number of primary amides is 3. The molecule has 0 spiro atoms. The number of nitrogens with zero attached hydrogens (tertiary/aromatic N) is 1. The van der Waals surface area contributed by atoms with Crippen molar-refractivity contribution < 1.29 is 107 Å². The van der Waals surface area contributed by atoms with Crippen LogP contribution in [0.1, 0.15) is 137 Å². The van der Waals surface area contributed by atoms with Crippen molar-refractivity contribution in [3.05, 3.63) is 71.8 Å². The number of unbranched alkanes of at least 4 members (excludes halogenated alkanes) is 1. The van der Waals surface area contributed by atoms with Crippen LogP contribution in [-0.2, 0) is 99.1 Å². The largest absolute Gasteiger partial charge is 0.481 e. The van der Waals surface area contributed by atoms with Gasteiger partial charge in [0.1, 0.15) is 84.6 Å². The fraction of sp³-hybridized carbons (Fsp3) is 0.575. The molecule has 0 aromatic heterocycles. The number of aliphatic carboxylic acids is 2. The fourth-order valence-corrected chi connectivity index (χ4v) is 11.2. The molecule has 43 heteroatoms. The number of carbonyl (C=O) groups is 18. The monoisotopic (exact) mass is 1640 g/mol. The third-order valence-electron chi connectivity index (χ3n) is 17.9. The number of benzene rings is 2. The molecule has 0 fully saturated rings. The van der Waals surface area contributed by atoms with Crippen LogP contribution in [0.2, 0.25) is 0 Å². The maximum atomic E-state index is 14.6. The maximum absolute atomic E-state index is 14.6. The van der Waals surface area contributed by atoms with E-state index in [9.17, 15) is 107 Å². The molecule has 116 heavy (non-hydrogen) atoms. The van der Waals surface area contributed by atoms with Gasteiger partial charge in [-0.25, -0.2) is 4.79 Å². The van der Waals surface area contributed by atoms with E-state index in [-0.39, 0.29) is 76.3 Å². The molecule has 0 saturated heterocycles. The molecule has 0 heterocycles. The third kappa shape index (κ3) is 37.3. The highest BCUT2D eigenvalue weighted by molar-refractivity contribution is 6.02. The number of aliphatic imine (C=N–C) groups is 1. The second-order valence-electron chi connectivity index (χ2n) is 28.4. The lowest BCUT2D eigenvalue weighted by Crippen LogP contribution is -2.62. The summed E-state index contributed by atoms with van der Waals surface area (Å²) in [4.78, 5) is 248. The topological polar surface area (TPSA) is 739 Å². The number of hydrogen-bond acceptors (Lipinski definition) is 23. The van der Waals surface area contributed by atoms with Crippen molar-refractivity contribution >= 4 is 112 Å². The lowest BCUT2D eigenvalue weighted by Gasteiger charge is -2.30. The Bertz CT molecular complexity index is 3720. The van der Waals surface area contributed by atoms with Crippen LogP contribution in [0.5, 0.6) is 0 Å². The number of aliphatic hydroxyl groups is 2. The molecule has 2 aromatic carbocycles. The van der Waals surface area contributed by atoms with Crippen LogP contribution in [0.15, 0.2) is 65.7 Å². The van der Waals surface area contributed by atoms with Crippen molar-refractivity contribution in [2.45, 2.75) is 223 Å². The Morgan fingerprint density at radius 2 is 0.784 bits per heavy atom. The van der Waals surface area contributed by atoms with Gasteiger partial charge in [0, 0.05) is 25.8 Å². The highest BCUT2D eigenvalue weighted by Crippen LogP contribution is 2.16. The molecule has 0 saturated carbocycles. The Labute approximate surface area is 669 Å². The second-order valence-corrected chi connectivity index (χ2v) is 28.4. The first-order valence-corrected chi connectivity index (χ1v) is 37.6. The highest BCUT2D eigenvalue weighted by atomic mass is 16.4. The van der Waals surface area contributed by atoms with E-state index in [4.69, 9.17) is 40.1 Å². The Balaban J connectivity index is 2.51. The summed E-state index contributed by atoms with van der Waals surface area (Å²) in [6, 6.07) is -7.44. The molecule has 15 atom stereocenters. The number of carbonyl (C=O) groups excluding carboxylic acids is 16. The number of aliphatic hydroxyl groups excluding tert-OH is 2. The predicted molar refractivity (Wildman–Crippen MR) is 416 cm³/mol. The van der Waals surface area contributed by atoms with Crippen molar-refractivity contribution in [2.24, 2.45) is 62.9 Å². The minimum atomic E-state index is -2.01. The van der Waals surface area contributed by atoms with Gasteiger partial charge in [-0.3, -0.25) is 86.5 Å². The summed E-state index contributed by atoms with van der Waals surface area (Å²) in [6.07, 6.45) is -4.31. The SMILES string of the molecule is CC[C@H](C)[C@H](NC(=O)[C@H](Cc1ccccc1)NC(=O)[C@H](CO)NC(=O)[C@H](C)NC(=O)[C@H](Cc1ccccc1)NC(=O)[C@H](CCC(N)=O)NC(=O)[C@H](CC(N)=O)NC(=O)[C@H](CC(N)=O)NC(=O)[C@H](CC(C)C)NC(=O)[C@@H](N)CO)C(=O)N[C@@H](CC(=O)O)C(=O)N[C@@H](CCCCN)C(=O)N[C@H](C(=O)N[C@@H](CCCN=C(N)N)C(=O)O)C(C)C. The zero-order chi connectivity index (χ0) is 87.6. The molecule has 0 aliphatic carbocycles. The first kappa shape index (κ1) is 100. The van der Waals surface area contributed by atoms with Gasteiger partial charge in [0.05, 0.1) is 32.5 Å². The first-order valence-electron chi connectivity index (χ1n) is 37.6. The van der Waals surface area contributed by atoms with Crippen LogP contribution in [0.25, 0.3) is 0 Å². The Hall–Kier alpha value is -12.0. The Morgan fingerprint density at radius 3 is 1.22 bits per heavy atom. The van der Waals surface area contributed by atoms with E-state index in [1.807, 2.05) is 0 Å². The third-order valence-corrected chi connectivity index (χ3v) is 17.9. The number of nitrogens with two attached hydrogens (primary N) is 7. The van der Waals surface area contributed by atoms with E-state index < -0.39 is 248 Å². The maximum Gasteiger partial charge on any atom is 0.326 e. The molecular weight excluding hydrogens is 1520 g/mol. The van der Waals surface area contributed by atoms with Crippen LogP contribution < -0.4 is 109 Å². The van der Waals surface area contributed by atoms with Gasteiger partial charge in [0.15, 0.2) is 5.96 Å². The van der Waals surface area contributed by atoms with E-state index in [0.717, 1.165) is 6.92 Å². The van der Waals surface area contributed by atoms with Gasteiger partial charge >= 0.3 is 11.9 Å². The lowest BCUT2D eigenvalue weighted by molar-refractivity contribution is -0.143. The molecule has 43 nitrogen and oxygen atoms in total. The molecule has 0 bridgehead atoms. The molecule has 2 rings (SSSR count). The zero-order valence-corrected chi connectivity index (χ0v) is 65.9. The van der Waals surface area contributed by atoms with Crippen LogP contribution in [0.3, 0.4) is 0 Å². The minimum Gasteiger partial charge on any atom is -0.481 e. The summed E-state index contributed by atoms with van der Waals surface area (Å²) >= 11 is 0. The van der Waals surface area contributed by atoms with Crippen molar-refractivity contribution in [1.82, 2.24) is 69.1 Å². The van der Waals surface area contributed by atoms with Gasteiger partial charge in [-0.15, -0.1) is 0 Å². The number of carboxylic acid groups (broad SMARTS) is 2. The second kappa shape index (κ2) is 51.7. The van der Waals surface area contributed by atoms with E-state index in [0.29, 0.717) is 17.5 Å². The van der Waals surface area contributed by atoms with Crippen molar-refractivity contribution in [3.8, 4) is 0 Å². The number of amides is 16. The van der Waals surface area contributed by atoms with Crippen LogP contribution in [0, 0.1) is 17.8 Å². The average molecular weight is 1640 g/mol. The molecule has 0 aliphatic rings. The zero-order valence-electron chi connectivity index (χ0n) is 65.9. The van der Waals surface area contributed by atoms with Gasteiger partial charge in [-0.05, 0) is 87.3 Å². The van der Waals surface area contributed by atoms with E-state index in [1.165, 1.54) is 6.92 Å². The standard InChI is InChI=1S/C73H115N21O22/c1-8-38(6)58(71(114)91-51(33-56(100)101)67(110)83-43(22-15-16-26-74)62(105)93-57(37(4)5)70(113)85-45(72(115)116)23-17-27-81-73(79)80)94-68(111)48(30-41-20-13-10-14-21-41)88-69(112)52(35-96)92-59(102)39(7)82-63(106)47(29-40-18-11-9-12-19-40)87-61(104)44(24-25-53(76)97)84-65(108)49(31-54(77)98)90-66(109)50(32-55(78)99)89-64(107)46(28-36(2)3)86-60(103)42(75)34-95/h9-14,18-21,36-39,42-52,57-58,95-96H,8,15-17,22-35,74-75H2,1-7H3,(H2,76,97)(H2,77,98)(H2,78,99)(H,82,106)(H,83,110)(H,84,108)(H,85,113)(H,86,103)(H,87,104)(H,88,112)(H,89,107)(H,90,109)(H,91,114)(H,92,102)(H,93,105)(H,94,111)(H,100,101)(H,115,116)(H4,79,80,81)/t38-,39-,42-,43-,44-,45-,46-,47-,48-,49-,50-,51-,52-,57-,58-/m0/s1. The Morgan fingerprint density at radius 1 is 0.397 bits per heavy atom. The van der Waals surface area contributed by atoms with Gasteiger partial charge in [0.2, 0.25) is 94.5 Å². The molecule has 16 amide bonds. The number of nitrogens with one attached hydrogen (secondary N) is 13. The summed E-state index contributed by atoms with van der Waals surface area (Å²) in [5.41, 5.74) is 39.2. The molecule has 0 radical (unpaired) electrons. The Kier molecular flexibility index (Phi) is 44.6. The summed E-state index contributed by atoms with van der Waals surface area (Å²) in [5, 5.41) is 70.9. The number of carboxylic acids is 2. The van der Waals surface area contributed by atoms with Crippen LogP contribution >= 0.6 is 0 Å². The molecule has 0 aliphatic heterocycles. The number of guanidine groups is 1. The number of rotatable bonds is 55. The predicted octanol–water partition coefficient (Wildman–Crippen LogP) is -8.39. The van der Waals surface area contributed by atoms with Gasteiger partial charge in [0.25, 0.3) is 0 Å². The van der Waals surface area contributed by atoms with Crippen LogP contribution in [0.4, 0.5) is 0 Å². The summed E-state index contributed by atoms with van der Waals surface area (Å²) < 4.78 is 0. The lowest BCUT2D eigenvalue weighted by atomic mass is 9.96. The first-order chi connectivity index (χ1) is 54.5. The molecular formula is C73H115N21O22.